The summed E-state index contributed by atoms with van der Waals surface area (Å²) in [5.74, 6) is 1.14. The monoisotopic (exact) mass is 414 g/mol. The van der Waals surface area contributed by atoms with Crippen LogP contribution in [0, 0.1) is 17.8 Å². The van der Waals surface area contributed by atoms with Gasteiger partial charge in [-0.2, -0.15) is 10.2 Å². The van der Waals surface area contributed by atoms with Crippen molar-refractivity contribution in [3.05, 3.63) is 39.3 Å². The average Bonchev–Trinajstić information content (AvgIpc) is 3.17. The van der Waals surface area contributed by atoms with Crippen LogP contribution in [-0.4, -0.2) is 38.5 Å². The molecule has 0 amide bonds. The lowest BCUT2D eigenvalue weighted by Gasteiger charge is -2.34. The predicted octanol–water partition coefficient (Wildman–Crippen LogP) is 2.56. The van der Waals surface area contributed by atoms with Gasteiger partial charge in [0.25, 0.3) is 5.56 Å². The Bertz CT molecular complexity index is 911. The van der Waals surface area contributed by atoms with Crippen LogP contribution in [0.2, 0.25) is 0 Å². The molecule has 2 aliphatic carbocycles. The molecule has 4 rings (SSSR count). The molecule has 0 saturated heterocycles. The SMILES string of the molecule is CC(C)C1=NNC(O)C(C2CCC(C(C)(C)c3cc(C4CC(O)C4)c(=O)[nH]n3)C2)=C1. The Hall–Kier alpha value is -1.99. The van der Waals surface area contributed by atoms with Crippen molar-refractivity contribution in [2.24, 2.45) is 22.9 Å². The van der Waals surface area contributed by atoms with Gasteiger partial charge in [0.1, 0.15) is 0 Å². The molecule has 4 N–H and O–H groups in total. The average molecular weight is 415 g/mol. The summed E-state index contributed by atoms with van der Waals surface area (Å²) in [7, 11) is 0. The van der Waals surface area contributed by atoms with Crippen molar-refractivity contribution >= 4 is 5.71 Å². The summed E-state index contributed by atoms with van der Waals surface area (Å²) in [5.41, 5.74) is 6.20. The molecule has 2 heterocycles. The fourth-order valence-electron chi connectivity index (χ4n) is 5.17. The van der Waals surface area contributed by atoms with E-state index in [1.54, 1.807) is 0 Å². The first-order valence-electron chi connectivity index (χ1n) is 11.2. The molecule has 1 aromatic rings. The molecule has 1 aromatic heterocycles. The van der Waals surface area contributed by atoms with Crippen molar-refractivity contribution < 1.29 is 10.2 Å². The minimum atomic E-state index is -0.720. The van der Waals surface area contributed by atoms with Gasteiger partial charge in [0.15, 0.2) is 6.23 Å². The van der Waals surface area contributed by atoms with Crippen LogP contribution in [-0.2, 0) is 5.41 Å². The Balaban J connectivity index is 1.53. The summed E-state index contributed by atoms with van der Waals surface area (Å²) in [6, 6.07) is 1.96. The second-order valence-corrected chi connectivity index (χ2v) is 10.2. The molecule has 2 fully saturated rings. The van der Waals surface area contributed by atoms with Crippen LogP contribution in [0.25, 0.3) is 0 Å². The first-order chi connectivity index (χ1) is 14.2. The van der Waals surface area contributed by atoms with Gasteiger partial charge < -0.3 is 10.2 Å². The second kappa shape index (κ2) is 7.93. The van der Waals surface area contributed by atoms with Crippen molar-refractivity contribution in [1.82, 2.24) is 15.6 Å². The highest BCUT2D eigenvalue weighted by atomic mass is 16.3. The molecule has 30 heavy (non-hydrogen) atoms. The van der Waals surface area contributed by atoms with E-state index in [0.29, 0.717) is 30.6 Å². The van der Waals surface area contributed by atoms with Gasteiger partial charge in [-0.05, 0) is 73.5 Å². The maximum Gasteiger partial charge on any atom is 0.267 e. The fourth-order valence-corrected chi connectivity index (χ4v) is 5.17. The molecule has 164 valence electrons. The number of nitrogens with zero attached hydrogens (tertiary/aromatic N) is 2. The predicted molar refractivity (Wildman–Crippen MR) is 116 cm³/mol. The molecule has 3 aliphatic rings. The van der Waals surface area contributed by atoms with E-state index in [9.17, 15) is 15.0 Å². The topological polar surface area (TPSA) is 111 Å². The third-order valence-corrected chi connectivity index (χ3v) is 7.51. The molecular weight excluding hydrogens is 380 g/mol. The number of aromatic nitrogens is 2. The number of H-pyrrole nitrogens is 1. The number of hydrazone groups is 1. The van der Waals surface area contributed by atoms with Gasteiger partial charge in [0.05, 0.1) is 17.5 Å². The van der Waals surface area contributed by atoms with Crippen LogP contribution < -0.4 is 11.0 Å². The van der Waals surface area contributed by atoms with Gasteiger partial charge in [-0.1, -0.05) is 27.7 Å². The molecule has 2 saturated carbocycles. The van der Waals surface area contributed by atoms with E-state index in [4.69, 9.17) is 0 Å². The Labute approximate surface area is 177 Å². The lowest BCUT2D eigenvalue weighted by Crippen LogP contribution is -2.36. The molecular formula is C23H34N4O3. The quantitative estimate of drug-likeness (QED) is 0.592. The van der Waals surface area contributed by atoms with Crippen molar-refractivity contribution in [1.29, 1.82) is 0 Å². The molecule has 0 spiro atoms. The third kappa shape index (κ3) is 3.85. The molecule has 3 atom stereocenters. The summed E-state index contributed by atoms with van der Waals surface area (Å²) in [6.45, 7) is 8.61. The normalized spacial score (nSPS) is 31.8. The molecule has 1 aliphatic heterocycles. The molecule has 7 nitrogen and oxygen atoms in total. The smallest absolute Gasteiger partial charge is 0.267 e. The van der Waals surface area contributed by atoms with Crippen LogP contribution in [0.1, 0.15) is 77.0 Å². The largest absolute Gasteiger partial charge is 0.393 e. The fraction of sp³-hybridized carbons (Fsp3) is 0.696. The number of aliphatic hydroxyl groups is 2. The van der Waals surface area contributed by atoms with Gasteiger partial charge in [-0.25, -0.2) is 5.10 Å². The van der Waals surface area contributed by atoms with Crippen LogP contribution in [0.4, 0.5) is 0 Å². The third-order valence-electron chi connectivity index (χ3n) is 7.51. The summed E-state index contributed by atoms with van der Waals surface area (Å²) < 4.78 is 0. The highest BCUT2D eigenvalue weighted by Crippen LogP contribution is 2.47. The van der Waals surface area contributed by atoms with E-state index in [1.807, 2.05) is 6.07 Å². The van der Waals surface area contributed by atoms with Gasteiger partial charge in [0, 0.05) is 11.0 Å². The molecule has 3 unspecified atom stereocenters. The maximum atomic E-state index is 12.3. The zero-order chi connectivity index (χ0) is 21.6. The Kier molecular flexibility index (Phi) is 5.62. The van der Waals surface area contributed by atoms with Crippen LogP contribution in [0.3, 0.4) is 0 Å². The maximum absolute atomic E-state index is 12.3. The first kappa shape index (κ1) is 21.2. The summed E-state index contributed by atoms with van der Waals surface area (Å²) >= 11 is 0. The lowest BCUT2D eigenvalue weighted by molar-refractivity contribution is 0.0740. The molecule has 7 heteroatoms. The standard InChI is InChI=1S/C23H34N4O3/c1-12(2)19-10-17(21(29)26-24-19)13-5-6-15(7-13)23(3,4)20-11-18(22(30)27-25-20)14-8-16(28)9-14/h10-16,21,26,28-29H,5-9H2,1-4H3,(H,27,30). The van der Waals surface area contributed by atoms with E-state index >= 15 is 0 Å². The Morgan fingerprint density at radius 1 is 1.13 bits per heavy atom. The number of hydrogen-bond donors (Lipinski definition) is 4. The summed E-state index contributed by atoms with van der Waals surface area (Å²) in [4.78, 5) is 12.3. The van der Waals surface area contributed by atoms with Crippen LogP contribution >= 0.6 is 0 Å². The number of rotatable bonds is 5. The number of allylic oxidation sites excluding steroid dienone is 1. The summed E-state index contributed by atoms with van der Waals surface area (Å²) in [6.07, 6.45) is 5.41. The summed E-state index contributed by atoms with van der Waals surface area (Å²) in [5, 5.41) is 31.5. The zero-order valence-corrected chi connectivity index (χ0v) is 18.4. The first-order valence-corrected chi connectivity index (χ1v) is 11.2. The Morgan fingerprint density at radius 3 is 2.53 bits per heavy atom. The van der Waals surface area contributed by atoms with E-state index in [0.717, 1.165) is 41.8 Å². The van der Waals surface area contributed by atoms with Gasteiger partial charge in [-0.3, -0.25) is 10.2 Å². The van der Waals surface area contributed by atoms with Crippen LogP contribution in [0.5, 0.6) is 0 Å². The Morgan fingerprint density at radius 2 is 1.87 bits per heavy atom. The van der Waals surface area contributed by atoms with Crippen LogP contribution in [0.15, 0.2) is 27.6 Å². The van der Waals surface area contributed by atoms with Gasteiger partial charge >= 0.3 is 0 Å². The van der Waals surface area contributed by atoms with E-state index in [2.05, 4.69) is 54.5 Å². The van der Waals surface area contributed by atoms with E-state index < -0.39 is 6.23 Å². The van der Waals surface area contributed by atoms with Crippen molar-refractivity contribution in [3.63, 3.8) is 0 Å². The van der Waals surface area contributed by atoms with Crippen molar-refractivity contribution in [3.8, 4) is 0 Å². The van der Waals surface area contributed by atoms with E-state index in [-0.39, 0.29) is 23.0 Å². The number of hydrogen-bond acceptors (Lipinski definition) is 6. The van der Waals surface area contributed by atoms with Gasteiger partial charge in [-0.15, -0.1) is 0 Å². The highest BCUT2D eigenvalue weighted by Gasteiger charge is 2.41. The second-order valence-electron chi connectivity index (χ2n) is 10.2. The highest BCUT2D eigenvalue weighted by molar-refractivity contribution is 5.97. The van der Waals surface area contributed by atoms with Crippen molar-refractivity contribution in [2.75, 3.05) is 0 Å². The lowest BCUT2D eigenvalue weighted by atomic mass is 9.72. The number of aliphatic hydroxyl groups excluding tert-OH is 2. The molecule has 0 aromatic carbocycles. The zero-order valence-electron chi connectivity index (χ0n) is 18.4. The van der Waals surface area contributed by atoms with Gasteiger partial charge in [0.2, 0.25) is 0 Å². The number of nitrogens with one attached hydrogen (secondary N) is 2. The van der Waals surface area contributed by atoms with E-state index in [1.165, 1.54) is 0 Å². The number of aromatic amines is 1. The van der Waals surface area contributed by atoms with Crippen molar-refractivity contribution in [2.45, 2.75) is 83.5 Å². The minimum Gasteiger partial charge on any atom is -0.393 e. The minimum absolute atomic E-state index is 0.125. The molecule has 0 bridgehead atoms. The molecule has 0 radical (unpaired) electrons.